The van der Waals surface area contributed by atoms with Gasteiger partial charge in [0.25, 0.3) is 0 Å². The molecule has 2 aromatic rings. The molecule has 0 saturated carbocycles. The van der Waals surface area contributed by atoms with Gasteiger partial charge in [0.05, 0.1) is 7.11 Å². The van der Waals surface area contributed by atoms with Gasteiger partial charge in [-0.15, -0.1) is 0 Å². The van der Waals surface area contributed by atoms with Gasteiger partial charge in [0, 0.05) is 18.8 Å². The van der Waals surface area contributed by atoms with Crippen LogP contribution in [-0.4, -0.2) is 16.9 Å². The monoisotopic (exact) mass is 231 g/mol. The summed E-state index contributed by atoms with van der Waals surface area (Å²) < 4.78 is 7.07. The predicted octanol–water partition coefficient (Wildman–Crippen LogP) is 2.29. The van der Waals surface area contributed by atoms with E-state index in [1.807, 2.05) is 27.1 Å². The molecule has 0 saturated heterocycles. The van der Waals surface area contributed by atoms with E-state index in [0.717, 1.165) is 28.0 Å². The van der Waals surface area contributed by atoms with Crippen molar-refractivity contribution >= 4 is 5.82 Å². The fourth-order valence-corrected chi connectivity index (χ4v) is 2.16. The number of nitrogens with zero attached hydrogens (tertiary/aromatic N) is 2. The maximum atomic E-state index is 5.88. The number of nitrogen functional groups attached to an aromatic ring is 1. The van der Waals surface area contributed by atoms with Crippen molar-refractivity contribution < 1.29 is 4.74 Å². The molecule has 0 bridgehead atoms. The molecule has 0 aliphatic heterocycles. The first-order valence-electron chi connectivity index (χ1n) is 5.47. The summed E-state index contributed by atoms with van der Waals surface area (Å²) in [7, 11) is 3.55. The van der Waals surface area contributed by atoms with E-state index >= 15 is 0 Å². The lowest BCUT2D eigenvalue weighted by molar-refractivity contribution is 0.408. The van der Waals surface area contributed by atoms with Gasteiger partial charge in [-0.3, -0.25) is 4.68 Å². The van der Waals surface area contributed by atoms with Crippen LogP contribution in [0.1, 0.15) is 11.1 Å². The Morgan fingerprint density at radius 1 is 1.24 bits per heavy atom. The van der Waals surface area contributed by atoms with E-state index < -0.39 is 0 Å². The van der Waals surface area contributed by atoms with Crippen molar-refractivity contribution in [3.05, 3.63) is 29.5 Å². The molecule has 1 aromatic carbocycles. The van der Waals surface area contributed by atoms with Gasteiger partial charge in [-0.25, -0.2) is 0 Å². The highest BCUT2D eigenvalue weighted by Crippen LogP contribution is 2.31. The summed E-state index contributed by atoms with van der Waals surface area (Å²) in [5.41, 5.74) is 10.1. The van der Waals surface area contributed by atoms with Crippen molar-refractivity contribution in [2.24, 2.45) is 7.05 Å². The van der Waals surface area contributed by atoms with Gasteiger partial charge in [-0.2, -0.15) is 5.10 Å². The maximum absolute atomic E-state index is 5.88. The molecular weight excluding hydrogens is 214 g/mol. The zero-order valence-corrected chi connectivity index (χ0v) is 10.6. The third-order valence-corrected chi connectivity index (χ3v) is 2.83. The van der Waals surface area contributed by atoms with E-state index in [9.17, 15) is 0 Å². The molecule has 0 atom stereocenters. The third kappa shape index (κ3) is 1.98. The summed E-state index contributed by atoms with van der Waals surface area (Å²) >= 11 is 0. The van der Waals surface area contributed by atoms with E-state index in [2.05, 4.69) is 17.2 Å². The summed E-state index contributed by atoms with van der Waals surface area (Å²) in [5, 5.41) is 4.15. The topological polar surface area (TPSA) is 53.1 Å². The Balaban J connectivity index is 2.58. The molecule has 0 aliphatic carbocycles. The SMILES string of the molecule is COc1c(C)cc(-c2cn(C)nc2N)cc1C. The zero-order chi connectivity index (χ0) is 12.6. The minimum absolute atomic E-state index is 0.552. The van der Waals surface area contributed by atoms with Crippen LogP contribution in [-0.2, 0) is 7.05 Å². The first kappa shape index (κ1) is 11.5. The summed E-state index contributed by atoms with van der Waals surface area (Å²) in [5.74, 6) is 1.48. The van der Waals surface area contributed by atoms with Crippen molar-refractivity contribution in [1.82, 2.24) is 9.78 Å². The van der Waals surface area contributed by atoms with Crippen LogP contribution >= 0.6 is 0 Å². The van der Waals surface area contributed by atoms with Crippen molar-refractivity contribution in [3.63, 3.8) is 0 Å². The van der Waals surface area contributed by atoms with Crippen LogP contribution in [0.2, 0.25) is 0 Å². The van der Waals surface area contributed by atoms with Crippen LogP contribution in [0.15, 0.2) is 18.3 Å². The molecule has 90 valence electrons. The van der Waals surface area contributed by atoms with E-state index in [1.165, 1.54) is 0 Å². The minimum atomic E-state index is 0.552. The molecule has 2 N–H and O–H groups in total. The Kier molecular flexibility index (Phi) is 2.79. The van der Waals surface area contributed by atoms with E-state index in [1.54, 1.807) is 11.8 Å². The van der Waals surface area contributed by atoms with Crippen molar-refractivity contribution in [1.29, 1.82) is 0 Å². The van der Waals surface area contributed by atoms with Crippen LogP contribution in [0.3, 0.4) is 0 Å². The average molecular weight is 231 g/mol. The standard InChI is InChI=1S/C13H17N3O/c1-8-5-10(6-9(2)12(8)17-4)11-7-16(3)15-13(11)14/h5-7H,1-4H3,(H2,14,15). The van der Waals surface area contributed by atoms with Crippen LogP contribution in [0, 0.1) is 13.8 Å². The molecule has 4 heteroatoms. The molecule has 0 aliphatic rings. The van der Waals surface area contributed by atoms with Crippen LogP contribution < -0.4 is 10.5 Å². The molecule has 17 heavy (non-hydrogen) atoms. The molecule has 4 nitrogen and oxygen atoms in total. The molecule has 0 unspecified atom stereocenters. The Morgan fingerprint density at radius 2 is 1.82 bits per heavy atom. The normalized spacial score (nSPS) is 10.6. The smallest absolute Gasteiger partial charge is 0.153 e. The minimum Gasteiger partial charge on any atom is -0.496 e. The average Bonchev–Trinajstić information content (AvgIpc) is 2.57. The highest BCUT2D eigenvalue weighted by Gasteiger charge is 2.11. The number of methoxy groups -OCH3 is 1. The fourth-order valence-electron chi connectivity index (χ4n) is 2.16. The van der Waals surface area contributed by atoms with Gasteiger partial charge < -0.3 is 10.5 Å². The van der Waals surface area contributed by atoms with Crippen LogP contribution in [0.25, 0.3) is 11.1 Å². The predicted molar refractivity (Wildman–Crippen MR) is 69.1 cm³/mol. The van der Waals surface area contributed by atoms with E-state index in [4.69, 9.17) is 10.5 Å². The number of nitrogens with two attached hydrogens (primary N) is 1. The molecule has 2 rings (SSSR count). The van der Waals surface area contributed by atoms with Crippen LogP contribution in [0.5, 0.6) is 5.75 Å². The zero-order valence-electron chi connectivity index (χ0n) is 10.6. The number of hydrogen-bond donors (Lipinski definition) is 1. The van der Waals surface area contributed by atoms with Gasteiger partial charge in [0.15, 0.2) is 5.82 Å². The largest absolute Gasteiger partial charge is 0.496 e. The number of aryl methyl sites for hydroxylation is 3. The Hall–Kier alpha value is -1.97. The molecule has 0 fully saturated rings. The first-order valence-corrected chi connectivity index (χ1v) is 5.47. The van der Waals surface area contributed by atoms with E-state index in [0.29, 0.717) is 5.82 Å². The third-order valence-electron chi connectivity index (χ3n) is 2.83. The number of ether oxygens (including phenoxy) is 1. The highest BCUT2D eigenvalue weighted by atomic mass is 16.5. The lowest BCUT2D eigenvalue weighted by atomic mass is 10.0. The van der Waals surface area contributed by atoms with Crippen molar-refractivity contribution in [3.8, 4) is 16.9 Å². The number of anilines is 1. The highest BCUT2D eigenvalue weighted by molar-refractivity contribution is 5.75. The molecule has 1 heterocycles. The lowest BCUT2D eigenvalue weighted by Crippen LogP contribution is -1.93. The lowest BCUT2D eigenvalue weighted by Gasteiger charge is -2.10. The second-order valence-corrected chi connectivity index (χ2v) is 4.24. The quantitative estimate of drug-likeness (QED) is 0.862. The number of benzene rings is 1. The Morgan fingerprint density at radius 3 is 2.24 bits per heavy atom. The second-order valence-electron chi connectivity index (χ2n) is 4.24. The summed E-state index contributed by atoms with van der Waals surface area (Å²) in [6.45, 7) is 4.06. The second kappa shape index (κ2) is 4.13. The van der Waals surface area contributed by atoms with Gasteiger partial charge in [0.1, 0.15) is 5.75 Å². The molecule has 0 amide bonds. The summed E-state index contributed by atoms with van der Waals surface area (Å²) in [6.07, 6.45) is 1.93. The van der Waals surface area contributed by atoms with Crippen LogP contribution in [0.4, 0.5) is 5.82 Å². The van der Waals surface area contributed by atoms with Crippen molar-refractivity contribution in [2.45, 2.75) is 13.8 Å². The van der Waals surface area contributed by atoms with E-state index in [-0.39, 0.29) is 0 Å². The number of rotatable bonds is 2. The Labute approximate surface area is 101 Å². The number of hydrogen-bond acceptors (Lipinski definition) is 3. The fraction of sp³-hybridized carbons (Fsp3) is 0.308. The first-order chi connectivity index (χ1) is 8.02. The molecule has 0 spiro atoms. The maximum Gasteiger partial charge on any atom is 0.153 e. The molecule has 0 radical (unpaired) electrons. The number of aromatic nitrogens is 2. The Bertz CT molecular complexity index is 535. The molecule has 1 aromatic heterocycles. The summed E-state index contributed by atoms with van der Waals surface area (Å²) in [6, 6.07) is 4.14. The van der Waals surface area contributed by atoms with Gasteiger partial charge in [-0.05, 0) is 42.7 Å². The van der Waals surface area contributed by atoms with Gasteiger partial charge >= 0.3 is 0 Å². The summed E-state index contributed by atoms with van der Waals surface area (Å²) in [4.78, 5) is 0. The van der Waals surface area contributed by atoms with Gasteiger partial charge in [-0.1, -0.05) is 0 Å². The van der Waals surface area contributed by atoms with Gasteiger partial charge in [0.2, 0.25) is 0 Å². The van der Waals surface area contributed by atoms with Crippen molar-refractivity contribution in [2.75, 3.05) is 12.8 Å². The molecular formula is C13H17N3O.